The molecule has 0 saturated carbocycles. The predicted octanol–water partition coefficient (Wildman–Crippen LogP) is 5.15. The Morgan fingerprint density at radius 2 is 1.50 bits per heavy atom. The van der Waals surface area contributed by atoms with E-state index in [9.17, 15) is 14.7 Å². The van der Waals surface area contributed by atoms with E-state index in [1.807, 2.05) is 25.1 Å². The fraction of sp³-hybridized carbons (Fsp3) is 0.0909. The number of rotatable bonds is 4. The molecule has 6 heteroatoms. The summed E-state index contributed by atoms with van der Waals surface area (Å²) in [7, 11) is 0. The van der Waals surface area contributed by atoms with Gasteiger partial charge in [0.05, 0.1) is 20.9 Å². The van der Waals surface area contributed by atoms with Crippen LogP contribution in [0.15, 0.2) is 60.7 Å². The normalized spacial score (nSPS) is 13.5. The molecule has 0 fully saturated rings. The number of fused-ring (bicyclic) bond motifs is 2. The van der Waals surface area contributed by atoms with Crippen molar-refractivity contribution >= 4 is 39.8 Å². The Hall–Kier alpha value is -2.87. The molecule has 0 amide bonds. The number of halogens is 1. The van der Waals surface area contributed by atoms with Crippen molar-refractivity contribution in [2.45, 2.75) is 11.0 Å². The maximum absolute atomic E-state index is 13.3. The van der Waals surface area contributed by atoms with Gasteiger partial charge in [0.15, 0.2) is 17.3 Å². The molecule has 0 aliphatic heterocycles. The smallest absolute Gasteiger partial charge is 0.198 e. The van der Waals surface area contributed by atoms with Gasteiger partial charge in [-0.25, -0.2) is 0 Å². The molecule has 1 atom stereocenters. The minimum absolute atomic E-state index is 0.00339. The number of aromatic hydroxyl groups is 1. The van der Waals surface area contributed by atoms with Gasteiger partial charge in [0, 0.05) is 17.2 Å². The topological polar surface area (TPSA) is 75.6 Å². The molecule has 0 bridgehead atoms. The molecule has 140 valence electrons. The summed E-state index contributed by atoms with van der Waals surface area (Å²) in [4.78, 5) is 26.3. The van der Waals surface area contributed by atoms with Crippen LogP contribution in [0.5, 0.6) is 17.2 Å². The van der Waals surface area contributed by atoms with Crippen LogP contribution in [0.25, 0.3) is 0 Å². The monoisotopic (exact) mass is 485 g/mol. The van der Waals surface area contributed by atoms with Crippen molar-refractivity contribution < 1.29 is 19.4 Å². The molecule has 3 aromatic rings. The summed E-state index contributed by atoms with van der Waals surface area (Å²) in [6.07, 6.45) is 0. The highest BCUT2D eigenvalue weighted by Crippen LogP contribution is 2.44. The Balaban J connectivity index is 1.95. The number of benzene rings is 3. The summed E-state index contributed by atoms with van der Waals surface area (Å²) >= 11 is 2.16. The molecule has 0 spiro atoms. The lowest BCUT2D eigenvalue weighted by Gasteiger charge is -2.24. The Kier molecular flexibility index (Phi) is 4.80. The van der Waals surface area contributed by atoms with Gasteiger partial charge in [0.1, 0.15) is 11.5 Å². The van der Waals surface area contributed by atoms with Crippen molar-refractivity contribution in [2.75, 3.05) is 5.32 Å². The largest absolute Gasteiger partial charge is 0.507 e. The Morgan fingerprint density at radius 1 is 0.929 bits per heavy atom. The minimum Gasteiger partial charge on any atom is -0.507 e. The molecule has 3 aromatic carbocycles. The van der Waals surface area contributed by atoms with Crippen LogP contribution in [0.1, 0.15) is 38.8 Å². The van der Waals surface area contributed by atoms with Crippen molar-refractivity contribution in [2.24, 2.45) is 0 Å². The highest BCUT2D eigenvalue weighted by atomic mass is 127. The molecule has 1 unspecified atom stereocenters. The summed E-state index contributed by atoms with van der Waals surface area (Å²) in [5, 5.41) is 13.8. The summed E-state index contributed by atoms with van der Waals surface area (Å²) in [6, 6.07) is 17.1. The summed E-state index contributed by atoms with van der Waals surface area (Å²) in [6.45, 7) is 1.91. The molecular formula is C22H16INO4. The molecule has 1 aliphatic rings. The maximum atomic E-state index is 13.3. The Labute approximate surface area is 175 Å². The first-order chi connectivity index (χ1) is 13.5. The quantitative estimate of drug-likeness (QED) is 0.181. The van der Waals surface area contributed by atoms with Crippen LogP contribution in [0.3, 0.4) is 0 Å². The number of phenolic OH excluding ortho intramolecular Hbond substituents is 1. The molecular weight excluding hydrogens is 469 g/mol. The molecule has 0 aromatic heterocycles. The van der Waals surface area contributed by atoms with Crippen LogP contribution in [0.4, 0.5) is 5.69 Å². The highest BCUT2D eigenvalue weighted by molar-refractivity contribution is 14.1. The average Bonchev–Trinajstić information content (AvgIpc) is 2.68. The van der Waals surface area contributed by atoms with E-state index in [1.54, 1.807) is 36.4 Å². The third-order valence-electron chi connectivity index (χ3n) is 4.46. The van der Waals surface area contributed by atoms with E-state index in [-0.39, 0.29) is 38.2 Å². The van der Waals surface area contributed by atoms with E-state index in [1.165, 1.54) is 6.07 Å². The van der Waals surface area contributed by atoms with Crippen molar-refractivity contribution in [3.8, 4) is 17.2 Å². The number of ketones is 2. The Bertz CT molecular complexity index is 1090. The number of carbonyl (C=O) groups excluding carboxylic acids is 2. The van der Waals surface area contributed by atoms with Gasteiger partial charge in [-0.15, -0.1) is 0 Å². The Morgan fingerprint density at radius 3 is 2.11 bits per heavy atom. The molecule has 1 aliphatic carbocycles. The summed E-state index contributed by atoms with van der Waals surface area (Å²) in [5.74, 6) is -0.135. The van der Waals surface area contributed by atoms with Crippen molar-refractivity contribution in [3.05, 3.63) is 82.9 Å². The first-order valence-electron chi connectivity index (χ1n) is 8.69. The molecule has 5 nitrogen and oxygen atoms in total. The molecule has 0 radical (unpaired) electrons. The zero-order valence-electron chi connectivity index (χ0n) is 14.9. The molecule has 2 N–H and O–H groups in total. The summed E-state index contributed by atoms with van der Waals surface area (Å²) in [5.41, 5.74) is 1.15. The number of alkyl halides is 1. The van der Waals surface area contributed by atoms with Crippen molar-refractivity contribution in [1.82, 2.24) is 0 Å². The van der Waals surface area contributed by atoms with Gasteiger partial charge in [-0.1, -0.05) is 65.1 Å². The fourth-order valence-corrected chi connectivity index (χ4v) is 3.60. The van der Waals surface area contributed by atoms with Crippen LogP contribution in [0, 0.1) is 0 Å². The second kappa shape index (κ2) is 7.27. The van der Waals surface area contributed by atoms with Gasteiger partial charge in [0.25, 0.3) is 0 Å². The zero-order valence-corrected chi connectivity index (χ0v) is 17.1. The van der Waals surface area contributed by atoms with E-state index in [0.717, 1.165) is 0 Å². The lowest BCUT2D eigenvalue weighted by molar-refractivity contribution is 0.0977. The van der Waals surface area contributed by atoms with Gasteiger partial charge in [0.2, 0.25) is 0 Å². The molecule has 28 heavy (non-hydrogen) atoms. The second-order valence-electron chi connectivity index (χ2n) is 6.40. The summed E-state index contributed by atoms with van der Waals surface area (Å²) < 4.78 is 5.89. The number of hydrogen-bond donors (Lipinski definition) is 2. The van der Waals surface area contributed by atoms with Crippen LogP contribution < -0.4 is 10.1 Å². The van der Waals surface area contributed by atoms with Gasteiger partial charge < -0.3 is 15.2 Å². The van der Waals surface area contributed by atoms with E-state index in [4.69, 9.17) is 4.74 Å². The second-order valence-corrected chi connectivity index (χ2v) is 8.27. The number of carbonyl (C=O) groups is 2. The van der Waals surface area contributed by atoms with E-state index >= 15 is 0 Å². The van der Waals surface area contributed by atoms with Gasteiger partial charge in [-0.3, -0.25) is 9.59 Å². The first-order valence-corrected chi connectivity index (χ1v) is 9.94. The van der Waals surface area contributed by atoms with Crippen LogP contribution in [0.2, 0.25) is 0 Å². The zero-order chi connectivity index (χ0) is 19.8. The van der Waals surface area contributed by atoms with Gasteiger partial charge in [-0.05, 0) is 19.1 Å². The fourth-order valence-electron chi connectivity index (χ4n) is 3.29. The lowest BCUT2D eigenvalue weighted by atomic mass is 9.82. The maximum Gasteiger partial charge on any atom is 0.198 e. The number of nitrogens with one attached hydrogen (secondary N) is 1. The highest BCUT2D eigenvalue weighted by Gasteiger charge is 2.36. The molecule has 0 saturated heterocycles. The minimum atomic E-state index is -0.377. The molecule has 0 heterocycles. The lowest BCUT2D eigenvalue weighted by Crippen LogP contribution is -2.24. The molecule has 4 rings (SSSR count). The van der Waals surface area contributed by atoms with Crippen LogP contribution in [-0.4, -0.2) is 20.7 Å². The van der Waals surface area contributed by atoms with Gasteiger partial charge in [-0.2, -0.15) is 0 Å². The predicted molar refractivity (Wildman–Crippen MR) is 115 cm³/mol. The third-order valence-corrected chi connectivity index (χ3v) is 4.77. The van der Waals surface area contributed by atoms with Crippen molar-refractivity contribution in [1.29, 1.82) is 0 Å². The number of para-hydroxylation sites is 1. The first kappa shape index (κ1) is 18.5. The SMILES string of the molecule is CC(I)Nc1c(Oc2ccccc2)cc(O)c2c1C(=O)c1ccccc1C2=O. The van der Waals surface area contributed by atoms with Crippen LogP contribution in [-0.2, 0) is 0 Å². The number of ether oxygens (including phenoxy) is 1. The third kappa shape index (κ3) is 3.13. The van der Waals surface area contributed by atoms with Crippen LogP contribution >= 0.6 is 22.6 Å². The number of hydrogen-bond acceptors (Lipinski definition) is 5. The van der Waals surface area contributed by atoms with Crippen molar-refractivity contribution in [3.63, 3.8) is 0 Å². The van der Waals surface area contributed by atoms with Gasteiger partial charge >= 0.3 is 0 Å². The standard InChI is InChI=1S/C22H16INO4/c1-12(23)24-20-17(28-13-7-3-2-4-8-13)11-16(25)18-19(20)22(27)15-10-6-5-9-14(15)21(18)26/h2-12,24-25H,1H3. The average molecular weight is 485 g/mol. The number of anilines is 1. The van der Waals surface area contributed by atoms with E-state index < -0.39 is 0 Å². The number of phenols is 1. The van der Waals surface area contributed by atoms with E-state index in [0.29, 0.717) is 22.6 Å². The van der Waals surface area contributed by atoms with E-state index in [2.05, 4.69) is 27.9 Å².